The van der Waals surface area contributed by atoms with Gasteiger partial charge in [0.25, 0.3) is 0 Å². The van der Waals surface area contributed by atoms with Gasteiger partial charge in [0.05, 0.1) is 18.2 Å². The number of unbranched alkanes of at least 4 members (excludes halogenated alkanes) is 1. The number of anilines is 1. The van der Waals surface area contributed by atoms with E-state index in [1.54, 1.807) is 19.1 Å². The summed E-state index contributed by atoms with van der Waals surface area (Å²) in [7, 11) is 0. The Hall–Kier alpha value is -4.00. The van der Waals surface area contributed by atoms with Crippen molar-refractivity contribution in [2.24, 2.45) is 0 Å². The van der Waals surface area contributed by atoms with Gasteiger partial charge in [0.2, 0.25) is 0 Å². The van der Waals surface area contributed by atoms with E-state index in [1.807, 2.05) is 55.5 Å². The second-order valence-electron chi connectivity index (χ2n) is 8.78. The van der Waals surface area contributed by atoms with Gasteiger partial charge in [-0.3, -0.25) is 4.79 Å². The highest BCUT2D eigenvalue weighted by atomic mass is 16.4. The lowest BCUT2D eigenvalue weighted by atomic mass is 9.99. The van der Waals surface area contributed by atoms with E-state index in [9.17, 15) is 14.7 Å². The Morgan fingerprint density at radius 1 is 1.03 bits per heavy atom. The number of Topliss-reactive ketones (excluding diaryl/α,β-unsaturated/α-hetero) is 1. The third kappa shape index (κ3) is 5.40. The van der Waals surface area contributed by atoms with Gasteiger partial charge >= 0.3 is 5.97 Å². The first kappa shape index (κ1) is 24.1. The number of carboxylic acids is 1. The van der Waals surface area contributed by atoms with E-state index in [-0.39, 0.29) is 17.4 Å². The molecule has 180 valence electrons. The van der Waals surface area contributed by atoms with Crippen LogP contribution in [0.2, 0.25) is 0 Å². The lowest BCUT2D eigenvalue weighted by Gasteiger charge is -2.13. The summed E-state index contributed by atoms with van der Waals surface area (Å²) in [6.07, 6.45) is 2.95. The second-order valence-corrected chi connectivity index (χ2v) is 8.78. The lowest BCUT2D eigenvalue weighted by Crippen LogP contribution is -2.23. The summed E-state index contributed by atoms with van der Waals surface area (Å²) >= 11 is 0. The summed E-state index contributed by atoms with van der Waals surface area (Å²) in [5.74, 6) is 0.730. The molecule has 7 heteroatoms. The van der Waals surface area contributed by atoms with Gasteiger partial charge in [0, 0.05) is 6.42 Å². The van der Waals surface area contributed by atoms with Crippen LogP contribution in [0.3, 0.4) is 0 Å². The first-order valence-corrected chi connectivity index (χ1v) is 11.9. The Morgan fingerprint density at radius 2 is 1.77 bits per heavy atom. The number of hydrogen-bond acceptors (Lipinski definition) is 5. The second kappa shape index (κ2) is 10.5. The smallest absolute Gasteiger partial charge is 0.336 e. The zero-order valence-electron chi connectivity index (χ0n) is 20.3. The van der Waals surface area contributed by atoms with Gasteiger partial charge < -0.3 is 15.0 Å². The summed E-state index contributed by atoms with van der Waals surface area (Å²) in [6.45, 7) is 6.13. The van der Waals surface area contributed by atoms with E-state index in [1.165, 1.54) is 0 Å². The van der Waals surface area contributed by atoms with Crippen LogP contribution < -0.4 is 5.32 Å². The summed E-state index contributed by atoms with van der Waals surface area (Å²) < 4.78 is 2.13. The van der Waals surface area contributed by atoms with Crippen LogP contribution in [0.15, 0.2) is 60.7 Å². The molecule has 0 fully saturated rings. The number of aryl methyl sites for hydroxylation is 1. The number of hydrogen-bond donors (Lipinski definition) is 2. The van der Waals surface area contributed by atoms with Gasteiger partial charge in [-0.25, -0.2) is 14.8 Å². The Bertz CT molecular complexity index is 1360. The van der Waals surface area contributed by atoms with Crippen LogP contribution in [0.5, 0.6) is 0 Å². The van der Waals surface area contributed by atoms with E-state index in [2.05, 4.69) is 16.8 Å². The van der Waals surface area contributed by atoms with Gasteiger partial charge in [0.1, 0.15) is 17.2 Å². The molecule has 2 N–H and O–H groups in total. The van der Waals surface area contributed by atoms with Crippen LogP contribution in [-0.4, -0.2) is 37.4 Å². The Labute approximate surface area is 204 Å². The first-order chi connectivity index (χ1) is 16.9. The van der Waals surface area contributed by atoms with Crippen molar-refractivity contribution in [1.82, 2.24) is 14.5 Å². The highest BCUT2D eigenvalue weighted by Crippen LogP contribution is 2.26. The molecule has 2 heterocycles. The molecule has 0 amide bonds. The minimum atomic E-state index is -0.940. The molecule has 0 saturated carbocycles. The number of aromatic carboxylic acids is 1. The molecule has 0 radical (unpaired) electrons. The van der Waals surface area contributed by atoms with E-state index in [0.29, 0.717) is 17.9 Å². The van der Waals surface area contributed by atoms with Crippen LogP contribution in [-0.2, 0) is 17.8 Å². The predicted octanol–water partition coefficient (Wildman–Crippen LogP) is 5.58. The van der Waals surface area contributed by atoms with Crippen LogP contribution in [0.25, 0.3) is 22.3 Å². The van der Waals surface area contributed by atoms with Crippen LogP contribution in [0, 0.1) is 0 Å². The maximum Gasteiger partial charge on any atom is 0.336 e. The normalized spacial score (nSPS) is 12.0. The molecular formula is C28H30N4O3. The molecule has 2 aromatic carbocycles. The van der Waals surface area contributed by atoms with Gasteiger partial charge in [-0.2, -0.15) is 0 Å². The number of ketones is 1. The van der Waals surface area contributed by atoms with Crippen molar-refractivity contribution < 1.29 is 14.7 Å². The fourth-order valence-corrected chi connectivity index (χ4v) is 4.04. The molecule has 4 aromatic rings. The minimum Gasteiger partial charge on any atom is -0.478 e. The van der Waals surface area contributed by atoms with Crippen molar-refractivity contribution in [3.05, 3.63) is 77.6 Å². The van der Waals surface area contributed by atoms with Crippen molar-refractivity contribution in [1.29, 1.82) is 0 Å². The molecule has 0 saturated heterocycles. The summed E-state index contributed by atoms with van der Waals surface area (Å²) in [5, 5.41) is 12.7. The van der Waals surface area contributed by atoms with E-state index in [4.69, 9.17) is 9.97 Å². The van der Waals surface area contributed by atoms with Crippen LogP contribution >= 0.6 is 0 Å². The predicted molar refractivity (Wildman–Crippen MR) is 138 cm³/mol. The number of fused-ring (bicyclic) bond motifs is 1. The fourth-order valence-electron chi connectivity index (χ4n) is 4.04. The number of carbonyl (C=O) groups excluding carboxylic acids is 1. The highest BCUT2D eigenvalue weighted by Gasteiger charge is 2.15. The molecule has 1 unspecified atom stereocenters. The van der Waals surface area contributed by atoms with Gasteiger partial charge in [0.15, 0.2) is 11.4 Å². The number of nitrogens with one attached hydrogen (secondary N) is 1. The SMILES string of the molecule is CCCCc1nc2ccc(NC(C)C(C)=O)nc2n1Cc1ccc(-c2ccccc2C(=O)O)cc1. The fraction of sp³-hybridized carbons (Fsp3) is 0.286. The molecule has 2 aromatic heterocycles. The maximum atomic E-state index is 11.7. The third-order valence-electron chi connectivity index (χ3n) is 6.16. The number of rotatable bonds is 10. The molecule has 35 heavy (non-hydrogen) atoms. The number of nitrogens with zero attached hydrogens (tertiary/aromatic N) is 3. The van der Waals surface area contributed by atoms with Crippen LogP contribution in [0.4, 0.5) is 5.82 Å². The summed E-state index contributed by atoms with van der Waals surface area (Å²) in [6, 6.07) is 18.4. The van der Waals surface area contributed by atoms with Crippen molar-refractivity contribution in [3.63, 3.8) is 0 Å². The quantitative estimate of drug-likeness (QED) is 0.314. The molecule has 4 rings (SSSR count). The van der Waals surface area contributed by atoms with Crippen molar-refractivity contribution in [2.75, 3.05) is 5.32 Å². The monoisotopic (exact) mass is 470 g/mol. The number of aromatic nitrogens is 3. The molecule has 7 nitrogen and oxygen atoms in total. The lowest BCUT2D eigenvalue weighted by molar-refractivity contribution is -0.117. The van der Waals surface area contributed by atoms with Gasteiger partial charge in [-0.15, -0.1) is 0 Å². The molecule has 0 aliphatic heterocycles. The number of benzene rings is 2. The van der Waals surface area contributed by atoms with Crippen molar-refractivity contribution in [2.45, 2.75) is 52.6 Å². The highest BCUT2D eigenvalue weighted by molar-refractivity contribution is 5.96. The molecule has 0 bridgehead atoms. The van der Waals surface area contributed by atoms with Crippen molar-refractivity contribution >= 4 is 28.7 Å². The Kier molecular flexibility index (Phi) is 7.25. The summed E-state index contributed by atoms with van der Waals surface area (Å²) in [5.41, 5.74) is 4.50. The summed E-state index contributed by atoms with van der Waals surface area (Å²) in [4.78, 5) is 32.9. The van der Waals surface area contributed by atoms with E-state index in [0.717, 1.165) is 47.4 Å². The van der Waals surface area contributed by atoms with Gasteiger partial charge in [-0.1, -0.05) is 55.8 Å². The van der Waals surface area contributed by atoms with Gasteiger partial charge in [-0.05, 0) is 55.2 Å². The molecule has 0 spiro atoms. The number of carboxylic acid groups (broad SMARTS) is 1. The van der Waals surface area contributed by atoms with Crippen LogP contribution in [0.1, 0.15) is 55.4 Å². The average molecular weight is 471 g/mol. The third-order valence-corrected chi connectivity index (χ3v) is 6.16. The number of imidazole rings is 1. The average Bonchev–Trinajstić information content (AvgIpc) is 3.19. The Morgan fingerprint density at radius 3 is 2.46 bits per heavy atom. The minimum absolute atomic E-state index is 0.0496. The molecule has 0 aliphatic carbocycles. The maximum absolute atomic E-state index is 11.7. The molecule has 1 atom stereocenters. The number of pyridine rings is 1. The van der Waals surface area contributed by atoms with E-state index < -0.39 is 5.97 Å². The topological polar surface area (TPSA) is 97.1 Å². The largest absolute Gasteiger partial charge is 0.478 e. The first-order valence-electron chi connectivity index (χ1n) is 11.9. The van der Waals surface area contributed by atoms with Crippen molar-refractivity contribution in [3.8, 4) is 11.1 Å². The zero-order valence-corrected chi connectivity index (χ0v) is 20.3. The molecule has 0 aliphatic rings. The zero-order chi connectivity index (χ0) is 24.9. The number of carbonyl (C=O) groups is 2. The Balaban J connectivity index is 1.67. The molecular weight excluding hydrogens is 440 g/mol. The van der Waals surface area contributed by atoms with E-state index >= 15 is 0 Å². The standard InChI is InChI=1S/C28H30N4O3/c1-4-5-10-26-30-24-15-16-25(29-18(2)19(3)33)31-27(24)32(26)17-20-11-13-21(14-12-20)22-8-6-7-9-23(22)28(34)35/h6-9,11-16,18H,4-5,10,17H2,1-3H3,(H,29,31)(H,34,35).